The second-order valence-electron chi connectivity index (χ2n) is 6.77. The molecular formula is C18H27ClN2O3S. The molecule has 1 saturated carbocycles. The van der Waals surface area contributed by atoms with Gasteiger partial charge < -0.3 is 5.32 Å². The van der Waals surface area contributed by atoms with E-state index in [1.165, 1.54) is 19.3 Å². The Hall–Kier alpha value is -1.27. The quantitative estimate of drug-likeness (QED) is 0.838. The van der Waals surface area contributed by atoms with E-state index in [1.54, 1.807) is 31.2 Å². The molecule has 0 heterocycles. The molecule has 140 valence electrons. The van der Waals surface area contributed by atoms with Crippen LogP contribution in [-0.2, 0) is 14.8 Å². The minimum absolute atomic E-state index is 0.121. The summed E-state index contributed by atoms with van der Waals surface area (Å²) in [6.07, 6.45) is 8.86. The van der Waals surface area contributed by atoms with Crippen molar-refractivity contribution in [2.24, 2.45) is 0 Å². The SMILES string of the molecule is C[C@@H](C(=O)NC1CCCCCCC1)N(c1cccc(Cl)c1)S(C)(=O)=O. The summed E-state index contributed by atoms with van der Waals surface area (Å²) in [6, 6.07) is 5.84. The van der Waals surface area contributed by atoms with Crippen molar-refractivity contribution in [3.8, 4) is 0 Å². The van der Waals surface area contributed by atoms with Gasteiger partial charge in [-0.05, 0) is 38.0 Å². The van der Waals surface area contributed by atoms with Gasteiger partial charge in [0.1, 0.15) is 6.04 Å². The molecule has 1 amide bonds. The van der Waals surface area contributed by atoms with E-state index in [0.29, 0.717) is 10.7 Å². The minimum Gasteiger partial charge on any atom is -0.352 e. The van der Waals surface area contributed by atoms with Crippen molar-refractivity contribution < 1.29 is 13.2 Å². The first kappa shape index (κ1) is 20.0. The third-order valence-electron chi connectivity index (χ3n) is 4.60. The number of anilines is 1. The molecule has 1 N–H and O–H groups in total. The highest BCUT2D eigenvalue weighted by Crippen LogP contribution is 2.24. The number of benzene rings is 1. The zero-order valence-electron chi connectivity index (χ0n) is 14.9. The van der Waals surface area contributed by atoms with E-state index >= 15 is 0 Å². The topological polar surface area (TPSA) is 66.5 Å². The summed E-state index contributed by atoms with van der Waals surface area (Å²) in [7, 11) is -3.62. The number of sulfonamides is 1. The number of rotatable bonds is 5. The van der Waals surface area contributed by atoms with E-state index < -0.39 is 16.1 Å². The van der Waals surface area contributed by atoms with Gasteiger partial charge in [-0.25, -0.2) is 8.42 Å². The van der Waals surface area contributed by atoms with Gasteiger partial charge in [0.15, 0.2) is 0 Å². The van der Waals surface area contributed by atoms with Crippen molar-refractivity contribution in [2.75, 3.05) is 10.6 Å². The molecular weight excluding hydrogens is 360 g/mol. The van der Waals surface area contributed by atoms with E-state index in [-0.39, 0.29) is 11.9 Å². The number of hydrogen-bond donors (Lipinski definition) is 1. The van der Waals surface area contributed by atoms with Crippen LogP contribution < -0.4 is 9.62 Å². The van der Waals surface area contributed by atoms with Crippen molar-refractivity contribution in [3.63, 3.8) is 0 Å². The maximum atomic E-state index is 12.7. The normalized spacial score (nSPS) is 18.0. The van der Waals surface area contributed by atoms with Crippen LogP contribution in [0.15, 0.2) is 24.3 Å². The molecule has 5 nitrogen and oxygen atoms in total. The van der Waals surface area contributed by atoms with Crippen LogP contribution in [0.3, 0.4) is 0 Å². The molecule has 25 heavy (non-hydrogen) atoms. The van der Waals surface area contributed by atoms with Crippen LogP contribution in [0.4, 0.5) is 5.69 Å². The number of hydrogen-bond acceptors (Lipinski definition) is 3. The highest BCUT2D eigenvalue weighted by atomic mass is 35.5. The second-order valence-corrected chi connectivity index (χ2v) is 9.06. The van der Waals surface area contributed by atoms with Gasteiger partial charge in [-0.3, -0.25) is 9.10 Å². The number of carbonyl (C=O) groups excluding carboxylic acids is 1. The molecule has 2 rings (SSSR count). The smallest absolute Gasteiger partial charge is 0.243 e. The molecule has 0 unspecified atom stereocenters. The largest absolute Gasteiger partial charge is 0.352 e. The van der Waals surface area contributed by atoms with Crippen LogP contribution >= 0.6 is 11.6 Å². The fraction of sp³-hybridized carbons (Fsp3) is 0.611. The molecule has 1 aliphatic rings. The number of amides is 1. The van der Waals surface area contributed by atoms with Crippen LogP contribution in [0, 0.1) is 0 Å². The molecule has 0 saturated heterocycles. The van der Waals surface area contributed by atoms with E-state index in [1.807, 2.05) is 0 Å². The van der Waals surface area contributed by atoms with Gasteiger partial charge in [-0.1, -0.05) is 49.8 Å². The Kier molecular flexibility index (Phi) is 7.14. The maximum absolute atomic E-state index is 12.7. The molecule has 0 radical (unpaired) electrons. The summed E-state index contributed by atoms with van der Waals surface area (Å²) in [4.78, 5) is 12.7. The van der Waals surface area contributed by atoms with Crippen molar-refractivity contribution in [3.05, 3.63) is 29.3 Å². The first-order chi connectivity index (χ1) is 11.8. The van der Waals surface area contributed by atoms with Gasteiger partial charge in [0.2, 0.25) is 15.9 Å². The lowest BCUT2D eigenvalue weighted by atomic mass is 9.96. The lowest BCUT2D eigenvalue weighted by molar-refractivity contribution is -0.122. The number of nitrogens with zero attached hydrogens (tertiary/aromatic N) is 1. The van der Waals surface area contributed by atoms with E-state index in [4.69, 9.17) is 11.6 Å². The Labute approximate surface area is 155 Å². The van der Waals surface area contributed by atoms with Crippen molar-refractivity contribution >= 4 is 33.2 Å². The highest BCUT2D eigenvalue weighted by Gasteiger charge is 2.30. The Morgan fingerprint density at radius 2 is 1.80 bits per heavy atom. The van der Waals surface area contributed by atoms with Crippen LogP contribution in [0.5, 0.6) is 0 Å². The third kappa shape index (κ3) is 5.89. The number of carbonyl (C=O) groups is 1. The van der Waals surface area contributed by atoms with Crippen LogP contribution in [0.25, 0.3) is 0 Å². The molecule has 1 atom stereocenters. The lowest BCUT2D eigenvalue weighted by Gasteiger charge is -2.30. The van der Waals surface area contributed by atoms with E-state index in [9.17, 15) is 13.2 Å². The van der Waals surface area contributed by atoms with E-state index in [0.717, 1.165) is 36.2 Å². The van der Waals surface area contributed by atoms with Gasteiger partial charge in [0.05, 0.1) is 11.9 Å². The fourth-order valence-electron chi connectivity index (χ4n) is 3.34. The van der Waals surface area contributed by atoms with Crippen LogP contribution in [0.2, 0.25) is 5.02 Å². The minimum atomic E-state index is -3.62. The molecule has 1 aromatic carbocycles. The Balaban J connectivity index is 2.15. The molecule has 0 bridgehead atoms. The summed E-state index contributed by atoms with van der Waals surface area (Å²) >= 11 is 5.99. The monoisotopic (exact) mass is 386 g/mol. The second kappa shape index (κ2) is 8.90. The Morgan fingerprint density at radius 1 is 1.20 bits per heavy atom. The summed E-state index contributed by atoms with van der Waals surface area (Å²) in [6.45, 7) is 1.61. The van der Waals surface area contributed by atoms with Crippen molar-refractivity contribution in [1.29, 1.82) is 0 Å². The van der Waals surface area contributed by atoms with Crippen LogP contribution in [-0.4, -0.2) is 32.7 Å². The highest BCUT2D eigenvalue weighted by molar-refractivity contribution is 7.92. The standard InChI is InChI=1S/C18H27ClN2O3S/c1-14(18(22)20-16-10-6-4-3-5-7-11-16)21(25(2,23)24)17-12-8-9-15(19)13-17/h8-9,12-14,16H,3-7,10-11H2,1-2H3,(H,20,22)/t14-/m0/s1. The van der Waals surface area contributed by atoms with Gasteiger partial charge in [0.25, 0.3) is 0 Å². The van der Waals surface area contributed by atoms with Gasteiger partial charge in [0, 0.05) is 11.1 Å². The first-order valence-electron chi connectivity index (χ1n) is 8.84. The van der Waals surface area contributed by atoms with E-state index in [2.05, 4.69) is 5.32 Å². The molecule has 1 aromatic rings. The molecule has 7 heteroatoms. The van der Waals surface area contributed by atoms with Crippen molar-refractivity contribution in [1.82, 2.24) is 5.32 Å². The molecule has 0 spiro atoms. The maximum Gasteiger partial charge on any atom is 0.243 e. The zero-order valence-corrected chi connectivity index (χ0v) is 16.4. The predicted molar refractivity (Wildman–Crippen MR) is 102 cm³/mol. The average molecular weight is 387 g/mol. The number of nitrogens with one attached hydrogen (secondary N) is 1. The molecule has 1 fully saturated rings. The fourth-order valence-corrected chi connectivity index (χ4v) is 4.70. The summed E-state index contributed by atoms with van der Waals surface area (Å²) in [5.41, 5.74) is 0.398. The Bertz CT molecular complexity index is 685. The van der Waals surface area contributed by atoms with Gasteiger partial charge >= 0.3 is 0 Å². The molecule has 1 aliphatic carbocycles. The van der Waals surface area contributed by atoms with Crippen LogP contribution in [0.1, 0.15) is 51.9 Å². The summed E-state index contributed by atoms with van der Waals surface area (Å²) in [5, 5.41) is 3.47. The predicted octanol–water partition coefficient (Wildman–Crippen LogP) is 3.72. The third-order valence-corrected chi connectivity index (χ3v) is 6.08. The Morgan fingerprint density at radius 3 is 2.36 bits per heavy atom. The zero-order chi connectivity index (χ0) is 18.4. The lowest BCUT2D eigenvalue weighted by Crippen LogP contribution is -2.50. The van der Waals surface area contributed by atoms with Crippen molar-refractivity contribution in [2.45, 2.75) is 64.0 Å². The summed E-state index contributed by atoms with van der Waals surface area (Å²) < 4.78 is 25.7. The molecule has 0 aliphatic heterocycles. The number of halogens is 1. The van der Waals surface area contributed by atoms with Gasteiger partial charge in [-0.2, -0.15) is 0 Å². The van der Waals surface area contributed by atoms with Gasteiger partial charge in [-0.15, -0.1) is 0 Å². The molecule has 0 aromatic heterocycles. The average Bonchev–Trinajstić information content (AvgIpc) is 2.48. The summed E-state index contributed by atoms with van der Waals surface area (Å²) in [5.74, 6) is -0.268. The first-order valence-corrected chi connectivity index (χ1v) is 11.1.